The molecule has 0 spiro atoms. The minimum Gasteiger partial charge on any atom is -0.480 e. The molecule has 1 heterocycles. The SMILES string of the molecule is [Al][N]1COc2ccccc2C1. The molecule has 54 valence electrons. The molecular formula is C8H8AlNO. The van der Waals surface area contributed by atoms with Gasteiger partial charge in [-0.1, -0.05) is 18.2 Å². The van der Waals surface area contributed by atoms with Crippen LogP contribution in [0.3, 0.4) is 0 Å². The van der Waals surface area contributed by atoms with Gasteiger partial charge in [0.1, 0.15) is 12.5 Å². The maximum absolute atomic E-state index is 5.44. The van der Waals surface area contributed by atoms with Gasteiger partial charge < -0.3 is 8.62 Å². The maximum atomic E-state index is 5.44. The summed E-state index contributed by atoms with van der Waals surface area (Å²) in [5.41, 5.74) is 1.26. The number of hydrogen-bond acceptors (Lipinski definition) is 2. The van der Waals surface area contributed by atoms with Gasteiger partial charge in [0.25, 0.3) is 16.5 Å². The van der Waals surface area contributed by atoms with Crippen molar-refractivity contribution < 1.29 is 4.74 Å². The van der Waals surface area contributed by atoms with E-state index in [0.29, 0.717) is 6.73 Å². The highest BCUT2D eigenvalue weighted by molar-refractivity contribution is 6.04. The van der Waals surface area contributed by atoms with Crippen LogP contribution in [-0.2, 0) is 6.54 Å². The van der Waals surface area contributed by atoms with Crippen LogP contribution in [0.2, 0.25) is 0 Å². The molecule has 1 aromatic carbocycles. The molecule has 0 atom stereocenters. The first-order chi connectivity index (χ1) is 5.36. The normalized spacial score (nSPS) is 17.1. The molecule has 0 unspecified atom stereocenters. The van der Waals surface area contributed by atoms with Crippen LogP contribution in [0.1, 0.15) is 5.56 Å². The Labute approximate surface area is 74.4 Å². The van der Waals surface area contributed by atoms with E-state index < -0.39 is 0 Å². The molecule has 0 saturated carbocycles. The van der Waals surface area contributed by atoms with Crippen molar-refractivity contribution >= 4 is 16.5 Å². The van der Waals surface area contributed by atoms with Crippen molar-refractivity contribution in [1.29, 1.82) is 0 Å². The van der Waals surface area contributed by atoms with E-state index in [0.717, 1.165) is 12.3 Å². The zero-order chi connectivity index (χ0) is 7.68. The summed E-state index contributed by atoms with van der Waals surface area (Å²) in [5, 5.41) is 0. The second kappa shape index (κ2) is 2.86. The minimum absolute atomic E-state index is 0.668. The van der Waals surface area contributed by atoms with E-state index >= 15 is 0 Å². The Morgan fingerprint density at radius 1 is 1.36 bits per heavy atom. The maximum Gasteiger partial charge on any atom is 0.261 e. The Morgan fingerprint density at radius 3 is 3.09 bits per heavy atom. The van der Waals surface area contributed by atoms with Crippen LogP contribution in [-0.4, -0.2) is 27.1 Å². The van der Waals surface area contributed by atoms with Crippen LogP contribution in [0, 0.1) is 0 Å². The Kier molecular flexibility index (Phi) is 1.87. The number of para-hydroxylation sites is 1. The molecule has 0 saturated heterocycles. The molecule has 0 aromatic heterocycles. The summed E-state index contributed by atoms with van der Waals surface area (Å²) in [6.45, 7) is 1.63. The Balaban J connectivity index is 2.34. The first kappa shape index (κ1) is 7.18. The van der Waals surface area contributed by atoms with Crippen LogP contribution in [0.5, 0.6) is 5.75 Å². The summed E-state index contributed by atoms with van der Waals surface area (Å²) in [5.74, 6) is 1.02. The first-order valence-electron chi connectivity index (χ1n) is 3.56. The molecule has 3 heteroatoms. The van der Waals surface area contributed by atoms with Crippen LogP contribution < -0.4 is 4.74 Å². The third-order valence-electron chi connectivity index (χ3n) is 1.73. The number of nitrogens with zero attached hydrogens (tertiary/aromatic N) is 1. The fraction of sp³-hybridized carbons (Fsp3) is 0.250. The van der Waals surface area contributed by atoms with Gasteiger partial charge in [0.05, 0.1) is 0 Å². The van der Waals surface area contributed by atoms with Gasteiger partial charge in [0.15, 0.2) is 0 Å². The van der Waals surface area contributed by atoms with Crippen molar-refractivity contribution in [2.75, 3.05) is 6.73 Å². The van der Waals surface area contributed by atoms with Gasteiger partial charge >= 0.3 is 0 Å². The van der Waals surface area contributed by atoms with Crippen molar-refractivity contribution in [3.05, 3.63) is 29.8 Å². The Morgan fingerprint density at radius 2 is 2.18 bits per heavy atom. The zero-order valence-corrected chi connectivity index (χ0v) is 7.31. The standard InChI is InChI=1S/C8H8NO.Al/c1-2-4-8-7(3-1)5-9-6-10-8;/h1-4H,5-6H2;/q-1;+1. The van der Waals surface area contributed by atoms with E-state index in [4.69, 9.17) is 4.74 Å². The largest absolute Gasteiger partial charge is 0.480 e. The molecule has 0 N–H and O–H groups in total. The molecule has 1 aliphatic rings. The lowest BCUT2D eigenvalue weighted by Gasteiger charge is -2.26. The monoisotopic (exact) mass is 161 g/mol. The van der Waals surface area contributed by atoms with E-state index in [1.54, 1.807) is 0 Å². The highest BCUT2D eigenvalue weighted by Gasteiger charge is 2.10. The van der Waals surface area contributed by atoms with Gasteiger partial charge in [0, 0.05) is 12.1 Å². The van der Waals surface area contributed by atoms with Crippen LogP contribution in [0.15, 0.2) is 24.3 Å². The highest BCUT2D eigenvalue weighted by atomic mass is 27.1. The predicted molar refractivity (Wildman–Crippen MR) is 43.2 cm³/mol. The van der Waals surface area contributed by atoms with Crippen LogP contribution in [0.4, 0.5) is 0 Å². The minimum atomic E-state index is 0.668. The van der Waals surface area contributed by atoms with Crippen LogP contribution >= 0.6 is 0 Å². The van der Waals surface area contributed by atoms with Gasteiger partial charge in [-0.3, -0.25) is 0 Å². The number of hydrogen-bond donors (Lipinski definition) is 0. The van der Waals surface area contributed by atoms with E-state index in [9.17, 15) is 0 Å². The number of rotatable bonds is 0. The third kappa shape index (κ3) is 1.41. The van der Waals surface area contributed by atoms with E-state index in [2.05, 4.69) is 26.5 Å². The summed E-state index contributed by atoms with van der Waals surface area (Å²) in [7, 11) is 0. The zero-order valence-electron chi connectivity index (χ0n) is 6.16. The molecule has 2 rings (SSSR count). The number of fused-ring (bicyclic) bond motifs is 1. The van der Waals surface area contributed by atoms with Gasteiger partial charge in [-0.05, 0) is 6.07 Å². The predicted octanol–water partition coefficient (Wildman–Crippen LogP) is 0.922. The second-order valence-electron chi connectivity index (χ2n) is 2.63. The van der Waals surface area contributed by atoms with Crippen molar-refractivity contribution in [3.8, 4) is 5.75 Å². The molecule has 0 amide bonds. The summed E-state index contributed by atoms with van der Waals surface area (Å²) in [6, 6.07) is 8.13. The molecule has 2 radical (unpaired) electrons. The van der Waals surface area contributed by atoms with Crippen molar-refractivity contribution in [3.63, 3.8) is 0 Å². The quantitative estimate of drug-likeness (QED) is 0.524. The van der Waals surface area contributed by atoms with Gasteiger partial charge in [-0.15, -0.1) is 0 Å². The van der Waals surface area contributed by atoms with E-state index in [1.807, 2.05) is 18.2 Å². The highest BCUT2D eigenvalue weighted by Crippen LogP contribution is 2.22. The molecular weight excluding hydrogens is 153 g/mol. The lowest BCUT2D eigenvalue weighted by atomic mass is 10.2. The average Bonchev–Trinajstić information content (AvgIpc) is 2.04. The molecule has 11 heavy (non-hydrogen) atoms. The topological polar surface area (TPSA) is 12.5 Å². The summed E-state index contributed by atoms with van der Waals surface area (Å²) in [4.78, 5) is 0. The second-order valence-corrected chi connectivity index (χ2v) is 3.36. The van der Waals surface area contributed by atoms with E-state index in [1.165, 1.54) is 5.56 Å². The third-order valence-corrected chi connectivity index (χ3v) is 2.06. The number of ether oxygens (including phenoxy) is 1. The Bertz CT molecular complexity index is 264. The molecule has 0 fully saturated rings. The lowest BCUT2D eigenvalue weighted by Crippen LogP contribution is -2.29. The summed E-state index contributed by atoms with van der Waals surface area (Å²) >= 11 is 2.64. The molecule has 0 bridgehead atoms. The lowest BCUT2D eigenvalue weighted by molar-refractivity contribution is 0.173. The van der Waals surface area contributed by atoms with Gasteiger partial charge in [0.2, 0.25) is 0 Å². The van der Waals surface area contributed by atoms with Crippen molar-refractivity contribution in [2.45, 2.75) is 6.54 Å². The van der Waals surface area contributed by atoms with Crippen molar-refractivity contribution in [2.24, 2.45) is 0 Å². The average molecular weight is 161 g/mol. The molecule has 0 aliphatic carbocycles. The fourth-order valence-corrected chi connectivity index (χ4v) is 1.46. The van der Waals surface area contributed by atoms with Crippen molar-refractivity contribution in [1.82, 2.24) is 3.88 Å². The molecule has 1 aliphatic heterocycles. The van der Waals surface area contributed by atoms with Gasteiger partial charge in [-0.2, -0.15) is 0 Å². The molecule has 1 aromatic rings. The van der Waals surface area contributed by atoms with E-state index in [-0.39, 0.29) is 0 Å². The summed E-state index contributed by atoms with van der Waals surface area (Å²) < 4.78 is 7.50. The Hall–Kier alpha value is -0.488. The smallest absolute Gasteiger partial charge is 0.261 e. The van der Waals surface area contributed by atoms with Crippen LogP contribution in [0.25, 0.3) is 0 Å². The molecule has 2 nitrogen and oxygen atoms in total. The summed E-state index contributed by atoms with van der Waals surface area (Å²) in [6.07, 6.45) is 0. The fourth-order valence-electron chi connectivity index (χ4n) is 1.19. The number of benzene rings is 1. The van der Waals surface area contributed by atoms with Gasteiger partial charge in [-0.25, -0.2) is 0 Å². The first-order valence-corrected chi connectivity index (χ1v) is 4.08.